The number of hydrogen-bond donors (Lipinski definition) is 1. The number of rotatable bonds is 7. The van der Waals surface area contributed by atoms with Crippen molar-refractivity contribution in [2.45, 2.75) is 6.92 Å². The maximum absolute atomic E-state index is 12.9. The predicted molar refractivity (Wildman–Crippen MR) is 127 cm³/mol. The molecule has 4 rings (SSSR count). The Hall–Kier alpha value is -3.90. The van der Waals surface area contributed by atoms with E-state index < -0.39 is 5.97 Å². The van der Waals surface area contributed by atoms with Crippen LogP contribution in [0.1, 0.15) is 27.6 Å². The minimum atomic E-state index is -0.463. The van der Waals surface area contributed by atoms with Crippen molar-refractivity contribution in [3.63, 3.8) is 0 Å². The topological polar surface area (TPSA) is 64.6 Å². The number of nitrogens with one attached hydrogen (secondary N) is 1. The first-order valence-electron chi connectivity index (χ1n) is 10.1. The molecule has 0 saturated carbocycles. The lowest BCUT2D eigenvalue weighted by molar-refractivity contribution is 0.0529. The molecule has 3 aromatic carbocycles. The van der Waals surface area contributed by atoms with E-state index in [4.69, 9.17) is 9.47 Å². The molecule has 1 aromatic heterocycles. The van der Waals surface area contributed by atoms with Crippen LogP contribution in [0.5, 0.6) is 11.5 Å². The van der Waals surface area contributed by atoms with Gasteiger partial charge in [0.1, 0.15) is 22.1 Å². The van der Waals surface area contributed by atoms with Crippen molar-refractivity contribution in [3.05, 3.63) is 101 Å². The number of benzene rings is 3. The van der Waals surface area contributed by atoms with Gasteiger partial charge in [-0.25, -0.2) is 4.79 Å². The fraction of sp³-hybridized carbons (Fsp3) is 0.0769. The maximum Gasteiger partial charge on any atom is 0.341 e. The third kappa shape index (κ3) is 4.87. The number of ether oxygens (including phenoxy) is 2. The second-order valence-corrected chi connectivity index (χ2v) is 7.71. The lowest BCUT2D eigenvalue weighted by Gasteiger charge is -2.09. The lowest BCUT2D eigenvalue weighted by atomic mass is 10.0. The first-order chi connectivity index (χ1) is 15.7. The van der Waals surface area contributed by atoms with Crippen LogP contribution in [0.2, 0.25) is 0 Å². The highest BCUT2D eigenvalue weighted by Crippen LogP contribution is 2.36. The summed E-state index contributed by atoms with van der Waals surface area (Å²) in [5.41, 5.74) is 2.43. The van der Waals surface area contributed by atoms with Gasteiger partial charge in [-0.2, -0.15) is 0 Å². The number of thiophene rings is 1. The van der Waals surface area contributed by atoms with Crippen LogP contribution in [0.4, 0.5) is 5.00 Å². The minimum Gasteiger partial charge on any atom is -0.462 e. The SMILES string of the molecule is CCOC(=O)c1c(-c2ccccc2)csc1NC(=O)c1ccc(Oc2ccccc2)cc1. The van der Waals surface area contributed by atoms with E-state index in [1.54, 1.807) is 31.2 Å². The molecule has 1 heterocycles. The highest BCUT2D eigenvalue weighted by molar-refractivity contribution is 7.15. The van der Waals surface area contributed by atoms with Crippen LogP contribution in [0, 0.1) is 0 Å². The molecular weight excluding hydrogens is 422 g/mol. The summed E-state index contributed by atoms with van der Waals surface area (Å²) in [5.74, 6) is 0.566. The van der Waals surface area contributed by atoms with Gasteiger partial charge >= 0.3 is 5.97 Å². The first-order valence-corrected chi connectivity index (χ1v) is 11.0. The van der Waals surface area contributed by atoms with Gasteiger partial charge in [-0.05, 0) is 48.9 Å². The van der Waals surface area contributed by atoms with Crippen LogP contribution in [0.25, 0.3) is 11.1 Å². The van der Waals surface area contributed by atoms with Crippen molar-refractivity contribution in [2.75, 3.05) is 11.9 Å². The molecule has 0 aliphatic rings. The fourth-order valence-corrected chi connectivity index (χ4v) is 4.11. The van der Waals surface area contributed by atoms with E-state index in [1.165, 1.54) is 11.3 Å². The fourth-order valence-electron chi connectivity index (χ4n) is 3.16. The molecule has 4 aromatic rings. The minimum absolute atomic E-state index is 0.249. The van der Waals surface area contributed by atoms with Gasteiger partial charge in [-0.3, -0.25) is 4.79 Å². The quantitative estimate of drug-likeness (QED) is 0.325. The Kier molecular flexibility index (Phi) is 6.63. The molecule has 32 heavy (non-hydrogen) atoms. The van der Waals surface area contributed by atoms with Crippen molar-refractivity contribution >= 4 is 28.2 Å². The van der Waals surface area contributed by atoms with E-state index in [2.05, 4.69) is 5.32 Å². The molecule has 160 valence electrons. The van der Waals surface area contributed by atoms with E-state index in [1.807, 2.05) is 66.0 Å². The van der Waals surface area contributed by atoms with Gasteiger partial charge in [0.25, 0.3) is 5.91 Å². The summed E-state index contributed by atoms with van der Waals surface area (Å²) < 4.78 is 11.0. The normalized spacial score (nSPS) is 10.4. The van der Waals surface area contributed by atoms with Crippen molar-refractivity contribution < 1.29 is 19.1 Å². The Labute approximate surface area is 190 Å². The zero-order valence-corrected chi connectivity index (χ0v) is 18.2. The Bertz CT molecular complexity index is 1200. The molecule has 6 heteroatoms. The number of para-hydroxylation sites is 1. The van der Waals surface area contributed by atoms with Gasteiger partial charge in [0.2, 0.25) is 0 Å². The summed E-state index contributed by atoms with van der Waals surface area (Å²) in [7, 11) is 0. The molecule has 0 unspecified atom stereocenters. The maximum atomic E-state index is 12.9. The van der Waals surface area contributed by atoms with Crippen molar-refractivity contribution in [3.8, 4) is 22.6 Å². The monoisotopic (exact) mass is 443 g/mol. The van der Waals surface area contributed by atoms with Gasteiger partial charge in [0.05, 0.1) is 6.61 Å². The van der Waals surface area contributed by atoms with E-state index in [0.717, 1.165) is 16.9 Å². The molecule has 0 atom stereocenters. The molecule has 1 N–H and O–H groups in total. The van der Waals surface area contributed by atoms with Gasteiger partial charge in [-0.1, -0.05) is 48.5 Å². The predicted octanol–water partition coefficient (Wildman–Crippen LogP) is 6.64. The van der Waals surface area contributed by atoms with Crippen molar-refractivity contribution in [1.29, 1.82) is 0 Å². The molecule has 5 nitrogen and oxygen atoms in total. The highest BCUT2D eigenvalue weighted by atomic mass is 32.1. The summed E-state index contributed by atoms with van der Waals surface area (Å²) in [4.78, 5) is 25.5. The second kappa shape index (κ2) is 9.94. The van der Waals surface area contributed by atoms with Gasteiger partial charge in [-0.15, -0.1) is 11.3 Å². The average Bonchev–Trinajstić information content (AvgIpc) is 3.24. The molecule has 1 amide bonds. The Morgan fingerprint density at radius 2 is 1.47 bits per heavy atom. The summed E-state index contributed by atoms with van der Waals surface area (Å²) in [6.07, 6.45) is 0. The average molecular weight is 444 g/mol. The molecule has 0 bridgehead atoms. The van der Waals surface area contributed by atoms with Crippen molar-refractivity contribution in [1.82, 2.24) is 0 Å². The summed E-state index contributed by atoms with van der Waals surface area (Å²) >= 11 is 1.30. The van der Waals surface area contributed by atoms with Gasteiger partial charge in [0.15, 0.2) is 0 Å². The molecule has 0 spiro atoms. The van der Waals surface area contributed by atoms with E-state index >= 15 is 0 Å². The van der Waals surface area contributed by atoms with Crippen LogP contribution < -0.4 is 10.1 Å². The van der Waals surface area contributed by atoms with E-state index in [0.29, 0.717) is 21.9 Å². The highest BCUT2D eigenvalue weighted by Gasteiger charge is 2.23. The van der Waals surface area contributed by atoms with Crippen LogP contribution >= 0.6 is 11.3 Å². The van der Waals surface area contributed by atoms with Crippen LogP contribution in [-0.4, -0.2) is 18.5 Å². The third-order valence-corrected chi connectivity index (χ3v) is 5.57. The summed E-state index contributed by atoms with van der Waals surface area (Å²) in [6, 6.07) is 25.8. The van der Waals surface area contributed by atoms with Gasteiger partial charge < -0.3 is 14.8 Å². The third-order valence-electron chi connectivity index (χ3n) is 4.68. The van der Waals surface area contributed by atoms with Crippen molar-refractivity contribution in [2.24, 2.45) is 0 Å². The zero-order valence-electron chi connectivity index (χ0n) is 17.4. The van der Waals surface area contributed by atoms with Gasteiger partial charge in [0, 0.05) is 16.5 Å². The van der Waals surface area contributed by atoms with Crippen LogP contribution in [0.3, 0.4) is 0 Å². The first kappa shape index (κ1) is 21.3. The molecule has 0 aliphatic heterocycles. The number of anilines is 1. The molecule has 0 fully saturated rings. The largest absolute Gasteiger partial charge is 0.462 e. The zero-order chi connectivity index (χ0) is 22.3. The lowest BCUT2D eigenvalue weighted by Crippen LogP contribution is -2.14. The van der Waals surface area contributed by atoms with E-state index in [-0.39, 0.29) is 12.5 Å². The molecule has 0 aliphatic carbocycles. The second-order valence-electron chi connectivity index (χ2n) is 6.83. The standard InChI is InChI=1S/C26H21NO4S/c1-2-30-26(29)23-22(18-9-5-3-6-10-18)17-32-25(23)27-24(28)19-13-15-21(16-14-19)31-20-11-7-4-8-12-20/h3-17H,2H2,1H3,(H,27,28). The Morgan fingerprint density at radius 1 is 0.844 bits per heavy atom. The Balaban J connectivity index is 1.55. The number of carbonyl (C=O) groups is 2. The number of amides is 1. The number of esters is 1. The number of carbonyl (C=O) groups excluding carboxylic acids is 2. The molecule has 0 saturated heterocycles. The van der Waals surface area contributed by atoms with Crippen LogP contribution in [0.15, 0.2) is 90.3 Å². The van der Waals surface area contributed by atoms with Crippen LogP contribution in [-0.2, 0) is 4.74 Å². The summed E-state index contributed by atoms with van der Waals surface area (Å²) in [5, 5.41) is 5.17. The molecule has 0 radical (unpaired) electrons. The molecular formula is C26H21NO4S. The van der Waals surface area contributed by atoms with E-state index in [9.17, 15) is 9.59 Å². The smallest absolute Gasteiger partial charge is 0.341 e. The number of hydrogen-bond acceptors (Lipinski definition) is 5. The Morgan fingerprint density at radius 3 is 2.12 bits per heavy atom. The summed E-state index contributed by atoms with van der Waals surface area (Å²) in [6.45, 7) is 2.00.